The Bertz CT molecular complexity index is 613. The number of aryl methyl sites for hydroxylation is 2. The molecule has 0 spiro atoms. The quantitative estimate of drug-likeness (QED) is 0.936. The molecule has 1 heterocycles. The molecule has 2 N–H and O–H groups in total. The van der Waals surface area contributed by atoms with Crippen molar-refractivity contribution in [3.63, 3.8) is 0 Å². The summed E-state index contributed by atoms with van der Waals surface area (Å²) in [6, 6.07) is 9.47. The first-order valence-corrected chi connectivity index (χ1v) is 6.91. The highest BCUT2D eigenvalue weighted by Gasteiger charge is 2.14. The van der Waals surface area contributed by atoms with Gasteiger partial charge in [0.1, 0.15) is 5.75 Å². The first-order valence-electron chi connectivity index (χ1n) is 6.53. The van der Waals surface area contributed by atoms with Crippen molar-refractivity contribution < 1.29 is 4.74 Å². The van der Waals surface area contributed by atoms with Crippen molar-refractivity contribution in [1.82, 2.24) is 4.98 Å². The lowest BCUT2D eigenvalue weighted by molar-refractivity contribution is 0.408. The van der Waals surface area contributed by atoms with E-state index in [0.717, 1.165) is 28.3 Å². The van der Waals surface area contributed by atoms with Crippen molar-refractivity contribution in [2.45, 2.75) is 26.3 Å². The monoisotopic (exact) mass is 290 g/mol. The Morgan fingerprint density at radius 1 is 1.25 bits per heavy atom. The van der Waals surface area contributed by atoms with Crippen molar-refractivity contribution in [3.05, 3.63) is 57.9 Å². The molecule has 0 saturated heterocycles. The van der Waals surface area contributed by atoms with Gasteiger partial charge in [0.05, 0.1) is 7.11 Å². The molecule has 4 heteroatoms. The molecule has 0 radical (unpaired) electrons. The minimum Gasteiger partial charge on any atom is -0.496 e. The molecule has 1 unspecified atom stereocenters. The molecule has 0 aliphatic rings. The molecular formula is C16H19ClN2O. The lowest BCUT2D eigenvalue weighted by Gasteiger charge is -2.16. The van der Waals surface area contributed by atoms with Gasteiger partial charge in [-0.2, -0.15) is 0 Å². The predicted octanol–water partition coefficient (Wildman–Crippen LogP) is 3.60. The zero-order valence-corrected chi connectivity index (χ0v) is 12.7. The number of hydrogen-bond acceptors (Lipinski definition) is 3. The van der Waals surface area contributed by atoms with E-state index in [4.69, 9.17) is 22.1 Å². The number of benzene rings is 1. The number of pyridine rings is 1. The molecule has 2 rings (SSSR count). The van der Waals surface area contributed by atoms with Gasteiger partial charge >= 0.3 is 0 Å². The lowest BCUT2D eigenvalue weighted by Crippen LogP contribution is -2.16. The minimum absolute atomic E-state index is 0.129. The van der Waals surface area contributed by atoms with Gasteiger partial charge in [-0.15, -0.1) is 0 Å². The second-order valence-corrected chi connectivity index (χ2v) is 5.33. The van der Waals surface area contributed by atoms with Crippen molar-refractivity contribution in [2.24, 2.45) is 5.73 Å². The highest BCUT2D eigenvalue weighted by molar-refractivity contribution is 6.30. The Hall–Kier alpha value is -1.58. The summed E-state index contributed by atoms with van der Waals surface area (Å²) >= 11 is 6.05. The molecule has 2 aromatic rings. The number of nitrogens with two attached hydrogens (primary N) is 1. The molecule has 0 bridgehead atoms. The standard InChI is InChI=1S/C16H19ClN2O/c1-10-4-6-14(11(2)19-10)15(18)9-12-8-13(17)5-7-16(12)20-3/h4-8,15H,9,18H2,1-3H3. The largest absolute Gasteiger partial charge is 0.496 e. The maximum absolute atomic E-state index is 6.31. The SMILES string of the molecule is COc1ccc(Cl)cc1CC(N)c1ccc(C)nc1C. The average Bonchev–Trinajstić information content (AvgIpc) is 2.38. The van der Waals surface area contributed by atoms with E-state index in [1.807, 2.05) is 44.2 Å². The van der Waals surface area contributed by atoms with Crippen LogP contribution in [0.25, 0.3) is 0 Å². The normalized spacial score (nSPS) is 12.2. The second kappa shape index (κ2) is 6.25. The van der Waals surface area contributed by atoms with E-state index in [1.165, 1.54) is 0 Å². The van der Waals surface area contributed by atoms with E-state index in [-0.39, 0.29) is 6.04 Å². The number of nitrogens with zero attached hydrogens (tertiary/aromatic N) is 1. The van der Waals surface area contributed by atoms with Gasteiger partial charge in [0.15, 0.2) is 0 Å². The van der Waals surface area contributed by atoms with Crippen LogP contribution in [0.3, 0.4) is 0 Å². The molecule has 0 saturated carbocycles. The molecule has 1 aromatic carbocycles. The Morgan fingerprint density at radius 3 is 2.65 bits per heavy atom. The fourth-order valence-corrected chi connectivity index (χ4v) is 2.54. The van der Waals surface area contributed by atoms with Crippen LogP contribution in [0.2, 0.25) is 5.02 Å². The third kappa shape index (κ3) is 3.30. The molecular weight excluding hydrogens is 272 g/mol. The van der Waals surface area contributed by atoms with Gasteiger partial charge < -0.3 is 10.5 Å². The number of halogens is 1. The van der Waals surface area contributed by atoms with Crippen LogP contribution in [-0.4, -0.2) is 12.1 Å². The fourth-order valence-electron chi connectivity index (χ4n) is 2.34. The van der Waals surface area contributed by atoms with Crippen molar-refractivity contribution >= 4 is 11.6 Å². The van der Waals surface area contributed by atoms with Crippen LogP contribution in [0.4, 0.5) is 0 Å². The zero-order valence-electron chi connectivity index (χ0n) is 12.0. The Kier molecular flexibility index (Phi) is 4.63. The van der Waals surface area contributed by atoms with Crippen LogP contribution < -0.4 is 10.5 Å². The molecule has 0 fully saturated rings. The van der Waals surface area contributed by atoms with Crippen LogP contribution in [0, 0.1) is 13.8 Å². The number of rotatable bonds is 4. The molecule has 0 amide bonds. The first-order chi connectivity index (χ1) is 9.51. The van der Waals surface area contributed by atoms with Gasteiger partial charge in [0.25, 0.3) is 0 Å². The Balaban J connectivity index is 2.27. The van der Waals surface area contributed by atoms with Crippen molar-refractivity contribution in [2.75, 3.05) is 7.11 Å². The van der Waals surface area contributed by atoms with E-state index in [1.54, 1.807) is 7.11 Å². The van der Waals surface area contributed by atoms with Crippen molar-refractivity contribution in [1.29, 1.82) is 0 Å². The summed E-state index contributed by atoms with van der Waals surface area (Å²) in [6.45, 7) is 3.96. The van der Waals surface area contributed by atoms with Crippen LogP contribution in [-0.2, 0) is 6.42 Å². The van der Waals surface area contributed by atoms with Crippen molar-refractivity contribution in [3.8, 4) is 5.75 Å². The third-order valence-electron chi connectivity index (χ3n) is 3.35. The summed E-state index contributed by atoms with van der Waals surface area (Å²) in [6.07, 6.45) is 0.662. The van der Waals surface area contributed by atoms with Gasteiger partial charge in [-0.25, -0.2) is 0 Å². The van der Waals surface area contributed by atoms with Crippen LogP contribution >= 0.6 is 11.6 Å². The highest BCUT2D eigenvalue weighted by atomic mass is 35.5. The highest BCUT2D eigenvalue weighted by Crippen LogP contribution is 2.27. The maximum atomic E-state index is 6.31. The smallest absolute Gasteiger partial charge is 0.122 e. The maximum Gasteiger partial charge on any atom is 0.122 e. The fraction of sp³-hybridized carbons (Fsp3) is 0.312. The summed E-state index contributed by atoms with van der Waals surface area (Å²) in [7, 11) is 1.65. The molecule has 106 valence electrons. The molecule has 0 aliphatic heterocycles. The van der Waals surface area contributed by atoms with Gasteiger partial charge in [-0.1, -0.05) is 17.7 Å². The van der Waals surface area contributed by atoms with Crippen LogP contribution in [0.5, 0.6) is 5.75 Å². The third-order valence-corrected chi connectivity index (χ3v) is 3.58. The van der Waals surface area contributed by atoms with Crippen LogP contribution in [0.15, 0.2) is 30.3 Å². The molecule has 20 heavy (non-hydrogen) atoms. The van der Waals surface area contributed by atoms with E-state index < -0.39 is 0 Å². The summed E-state index contributed by atoms with van der Waals surface area (Å²) in [5.74, 6) is 0.808. The van der Waals surface area contributed by atoms with Gasteiger partial charge in [0.2, 0.25) is 0 Å². The van der Waals surface area contributed by atoms with Gasteiger partial charge in [-0.05, 0) is 55.7 Å². The predicted molar refractivity (Wildman–Crippen MR) is 82.3 cm³/mol. The number of ether oxygens (including phenoxy) is 1. The molecule has 3 nitrogen and oxygen atoms in total. The number of hydrogen-bond donors (Lipinski definition) is 1. The Morgan fingerprint density at radius 2 is 2.00 bits per heavy atom. The molecule has 1 atom stereocenters. The van der Waals surface area contributed by atoms with E-state index in [9.17, 15) is 0 Å². The van der Waals surface area contributed by atoms with Gasteiger partial charge in [-0.3, -0.25) is 4.98 Å². The molecule has 0 aliphatic carbocycles. The Labute approximate surface area is 124 Å². The zero-order chi connectivity index (χ0) is 14.7. The van der Waals surface area contributed by atoms with E-state index in [0.29, 0.717) is 11.4 Å². The van der Waals surface area contributed by atoms with Crippen LogP contribution in [0.1, 0.15) is 28.6 Å². The topological polar surface area (TPSA) is 48.1 Å². The lowest BCUT2D eigenvalue weighted by atomic mass is 9.98. The summed E-state index contributed by atoms with van der Waals surface area (Å²) < 4.78 is 5.36. The minimum atomic E-state index is -0.129. The first kappa shape index (κ1) is 14.8. The summed E-state index contributed by atoms with van der Waals surface area (Å²) in [5, 5.41) is 0.687. The second-order valence-electron chi connectivity index (χ2n) is 4.89. The molecule has 1 aromatic heterocycles. The average molecular weight is 291 g/mol. The van der Waals surface area contributed by atoms with E-state index >= 15 is 0 Å². The summed E-state index contributed by atoms with van der Waals surface area (Å²) in [4.78, 5) is 4.46. The number of methoxy groups -OCH3 is 1. The van der Waals surface area contributed by atoms with Gasteiger partial charge in [0, 0.05) is 22.5 Å². The summed E-state index contributed by atoms with van der Waals surface area (Å²) in [5.41, 5.74) is 10.3. The van der Waals surface area contributed by atoms with E-state index in [2.05, 4.69) is 4.98 Å². The number of aromatic nitrogens is 1.